The molecule has 1 aromatic heterocycles. The molecular formula is C18H14N2O+. The van der Waals surface area contributed by atoms with Gasteiger partial charge in [0.2, 0.25) is 6.41 Å². The van der Waals surface area contributed by atoms with Crippen LogP contribution in [-0.2, 0) is 4.79 Å². The summed E-state index contributed by atoms with van der Waals surface area (Å²) in [5, 5.41) is 1.09. The van der Waals surface area contributed by atoms with E-state index >= 15 is 0 Å². The summed E-state index contributed by atoms with van der Waals surface area (Å²) in [7, 11) is 2.12. The van der Waals surface area contributed by atoms with Crippen molar-refractivity contribution < 1.29 is 4.79 Å². The van der Waals surface area contributed by atoms with Gasteiger partial charge in [0.25, 0.3) is 0 Å². The van der Waals surface area contributed by atoms with Crippen molar-refractivity contribution in [2.75, 3.05) is 7.05 Å². The van der Waals surface area contributed by atoms with E-state index in [2.05, 4.69) is 31.3 Å². The standard InChI is InChI=1S/C18H14N2O/c1-20(11-10-14-6-2-5-9-17(14)20)18-12-19(13-21)16-8-4-3-7-15(16)18/h2-9,11-13H,1H3/q+1. The molecular weight excluding hydrogens is 260 g/mol. The molecule has 1 aliphatic rings. The summed E-state index contributed by atoms with van der Waals surface area (Å²) in [6.07, 6.45) is 8.14. The first-order valence-electron chi connectivity index (χ1n) is 6.86. The fourth-order valence-corrected chi connectivity index (χ4v) is 3.11. The molecule has 101 valence electrons. The number of aromatic nitrogens is 1. The summed E-state index contributed by atoms with van der Waals surface area (Å²) in [6, 6.07) is 16.2. The average molecular weight is 274 g/mol. The maximum Gasteiger partial charge on any atom is 0.218 e. The lowest BCUT2D eigenvalue weighted by molar-refractivity contribution is 0.548. The Morgan fingerprint density at radius 1 is 1.05 bits per heavy atom. The van der Waals surface area contributed by atoms with Gasteiger partial charge in [0.05, 0.1) is 30.2 Å². The van der Waals surface area contributed by atoms with Crippen LogP contribution in [0.3, 0.4) is 0 Å². The smallest absolute Gasteiger partial charge is 0.218 e. The molecule has 3 nitrogen and oxygen atoms in total. The number of carbonyl (C=O) groups excluding carboxylic acids is 1. The molecule has 0 bridgehead atoms. The topological polar surface area (TPSA) is 22.0 Å². The first-order chi connectivity index (χ1) is 10.2. The minimum Gasteiger partial charge on any atom is -0.284 e. The highest BCUT2D eigenvalue weighted by atomic mass is 16.1. The fourth-order valence-electron chi connectivity index (χ4n) is 3.11. The Balaban J connectivity index is 2.04. The van der Waals surface area contributed by atoms with E-state index in [9.17, 15) is 4.79 Å². The Morgan fingerprint density at radius 2 is 1.81 bits per heavy atom. The lowest BCUT2D eigenvalue weighted by Gasteiger charge is -2.26. The molecule has 3 heteroatoms. The van der Waals surface area contributed by atoms with Crippen molar-refractivity contribution in [1.82, 2.24) is 9.05 Å². The summed E-state index contributed by atoms with van der Waals surface area (Å²) in [4.78, 5) is 11.3. The molecule has 1 unspecified atom stereocenters. The molecule has 0 spiro atoms. The van der Waals surface area contributed by atoms with Crippen LogP contribution >= 0.6 is 0 Å². The number of rotatable bonds is 2. The first-order valence-corrected chi connectivity index (χ1v) is 6.86. The highest BCUT2D eigenvalue weighted by Crippen LogP contribution is 2.43. The van der Waals surface area contributed by atoms with Crippen molar-refractivity contribution in [1.29, 1.82) is 0 Å². The lowest BCUT2D eigenvalue weighted by atomic mass is 10.1. The van der Waals surface area contributed by atoms with E-state index in [-0.39, 0.29) is 0 Å². The van der Waals surface area contributed by atoms with Crippen LogP contribution < -0.4 is 4.48 Å². The van der Waals surface area contributed by atoms with Gasteiger partial charge in [-0.2, -0.15) is 0 Å². The molecule has 0 saturated carbocycles. The van der Waals surface area contributed by atoms with Gasteiger partial charge >= 0.3 is 0 Å². The van der Waals surface area contributed by atoms with Gasteiger partial charge in [-0.1, -0.05) is 24.3 Å². The number of para-hydroxylation sites is 2. The number of hydrogen-bond acceptors (Lipinski definition) is 1. The summed E-state index contributed by atoms with van der Waals surface area (Å²) < 4.78 is 2.17. The highest BCUT2D eigenvalue weighted by Gasteiger charge is 2.35. The molecule has 4 rings (SSSR count). The summed E-state index contributed by atoms with van der Waals surface area (Å²) in [5.41, 5.74) is 4.28. The number of quaternary nitrogens is 1. The second kappa shape index (κ2) is 4.17. The van der Waals surface area contributed by atoms with Gasteiger partial charge in [-0.15, -0.1) is 0 Å². The molecule has 3 aromatic rings. The molecule has 21 heavy (non-hydrogen) atoms. The average Bonchev–Trinajstić information content (AvgIpc) is 3.07. The normalized spacial score (nSPS) is 19.9. The molecule has 0 fully saturated rings. The van der Waals surface area contributed by atoms with Gasteiger partial charge in [-0.25, -0.2) is 4.48 Å². The fraction of sp³-hybridized carbons (Fsp3) is 0.0556. The van der Waals surface area contributed by atoms with E-state index in [4.69, 9.17) is 0 Å². The molecule has 1 radical (unpaired) electrons. The second-order valence-electron chi connectivity index (χ2n) is 5.41. The van der Waals surface area contributed by atoms with Gasteiger partial charge in [-0.05, 0) is 18.2 Å². The predicted molar refractivity (Wildman–Crippen MR) is 84.8 cm³/mol. The van der Waals surface area contributed by atoms with Crippen LogP contribution in [-0.4, -0.2) is 18.0 Å². The maximum atomic E-state index is 11.3. The third-order valence-corrected chi connectivity index (χ3v) is 4.22. The van der Waals surface area contributed by atoms with Crippen LogP contribution in [0.2, 0.25) is 0 Å². The molecule has 0 aliphatic carbocycles. The van der Waals surface area contributed by atoms with Crippen LogP contribution in [0.25, 0.3) is 10.9 Å². The SMILES string of the molecule is C[N+]1(c2cn(C=O)c3ccccc23)C=[C]c2ccccc21. The van der Waals surface area contributed by atoms with Crippen molar-refractivity contribution in [3.8, 4) is 0 Å². The van der Waals surface area contributed by atoms with Crippen LogP contribution in [0.1, 0.15) is 5.56 Å². The molecule has 2 heterocycles. The lowest BCUT2D eigenvalue weighted by Crippen LogP contribution is -2.30. The van der Waals surface area contributed by atoms with Crippen molar-refractivity contribution in [3.63, 3.8) is 0 Å². The molecule has 0 amide bonds. The Morgan fingerprint density at radius 3 is 2.67 bits per heavy atom. The van der Waals surface area contributed by atoms with Crippen molar-refractivity contribution in [2.24, 2.45) is 0 Å². The number of hydrogen-bond donors (Lipinski definition) is 0. The zero-order valence-electron chi connectivity index (χ0n) is 11.7. The van der Waals surface area contributed by atoms with Crippen LogP contribution in [0.4, 0.5) is 11.4 Å². The minimum atomic E-state index is 0.525. The van der Waals surface area contributed by atoms with E-state index in [1.165, 1.54) is 5.69 Å². The Bertz CT molecular complexity index is 891. The molecule has 1 atom stereocenters. The van der Waals surface area contributed by atoms with E-state index in [0.717, 1.165) is 28.6 Å². The zero-order valence-corrected chi connectivity index (χ0v) is 11.7. The largest absolute Gasteiger partial charge is 0.284 e. The number of carbonyl (C=O) groups is 1. The maximum absolute atomic E-state index is 11.3. The molecule has 2 aromatic carbocycles. The Kier molecular flexibility index (Phi) is 2.41. The molecule has 0 N–H and O–H groups in total. The van der Waals surface area contributed by atoms with Crippen molar-refractivity contribution >= 4 is 28.7 Å². The van der Waals surface area contributed by atoms with E-state index in [0.29, 0.717) is 4.48 Å². The van der Waals surface area contributed by atoms with Crippen molar-refractivity contribution in [3.05, 3.63) is 72.6 Å². The predicted octanol–water partition coefficient (Wildman–Crippen LogP) is 3.63. The number of nitrogens with zero attached hydrogens (tertiary/aromatic N) is 2. The number of benzene rings is 2. The molecule has 1 aliphatic heterocycles. The summed E-state index contributed by atoms with van der Waals surface area (Å²) in [6.45, 7) is 0. The van der Waals surface area contributed by atoms with Gasteiger partial charge < -0.3 is 0 Å². The minimum absolute atomic E-state index is 0.525. The molecule has 0 saturated heterocycles. The third kappa shape index (κ3) is 1.55. The number of fused-ring (bicyclic) bond motifs is 2. The van der Waals surface area contributed by atoms with Gasteiger partial charge in [0.1, 0.15) is 6.20 Å². The quantitative estimate of drug-likeness (QED) is 0.516. The van der Waals surface area contributed by atoms with Crippen LogP contribution in [0.15, 0.2) is 60.9 Å². The summed E-state index contributed by atoms with van der Waals surface area (Å²) >= 11 is 0. The zero-order chi connectivity index (χ0) is 14.4. The van der Waals surface area contributed by atoms with E-state index < -0.39 is 0 Å². The second-order valence-corrected chi connectivity index (χ2v) is 5.41. The van der Waals surface area contributed by atoms with Gasteiger partial charge in [0, 0.05) is 11.6 Å². The van der Waals surface area contributed by atoms with Crippen LogP contribution in [0.5, 0.6) is 0 Å². The summed E-state index contributed by atoms with van der Waals surface area (Å²) in [5.74, 6) is 0. The Labute approximate surface area is 122 Å². The first kappa shape index (κ1) is 12.1. The monoisotopic (exact) mass is 274 g/mol. The Hall–Kier alpha value is -2.65. The third-order valence-electron chi connectivity index (χ3n) is 4.22. The highest BCUT2D eigenvalue weighted by molar-refractivity contribution is 5.98. The van der Waals surface area contributed by atoms with E-state index in [1.54, 1.807) is 4.57 Å². The van der Waals surface area contributed by atoms with Gasteiger partial charge in [-0.3, -0.25) is 9.36 Å². The van der Waals surface area contributed by atoms with E-state index in [1.807, 2.05) is 42.7 Å². The van der Waals surface area contributed by atoms with Crippen LogP contribution in [0, 0.1) is 6.08 Å². The van der Waals surface area contributed by atoms with Crippen molar-refractivity contribution in [2.45, 2.75) is 0 Å². The van der Waals surface area contributed by atoms with Gasteiger partial charge in [0.15, 0.2) is 11.4 Å².